The van der Waals surface area contributed by atoms with E-state index in [-0.39, 0.29) is 5.91 Å². The molecule has 5 rings (SSSR count). The standard InChI is InChI=1S/C27H23ClN4OS/c28-22-3-4-24-20(14-22)1-2-21-15-23(31-17-34)16-30-27(21)26(24)19-7-11-32(12-8-19)25(33)13-18-5-9-29-10-6-18/h3-6,9-10,14-16H,1-2,7-8,11-13H2. The van der Waals surface area contributed by atoms with Crippen LogP contribution in [0.15, 0.2) is 65.6 Å². The van der Waals surface area contributed by atoms with Crippen molar-refractivity contribution in [2.75, 3.05) is 13.1 Å². The van der Waals surface area contributed by atoms with Crippen LogP contribution in [0.5, 0.6) is 0 Å². The molecule has 1 aliphatic carbocycles. The first-order valence-electron chi connectivity index (χ1n) is 11.4. The lowest BCUT2D eigenvalue weighted by molar-refractivity contribution is -0.130. The molecular weight excluding hydrogens is 464 g/mol. The van der Waals surface area contributed by atoms with Gasteiger partial charge in [0.2, 0.25) is 5.91 Å². The van der Waals surface area contributed by atoms with Crippen molar-refractivity contribution in [3.05, 3.63) is 93.5 Å². The number of aromatic nitrogens is 2. The van der Waals surface area contributed by atoms with E-state index in [9.17, 15) is 4.79 Å². The molecule has 0 unspecified atom stereocenters. The zero-order valence-electron chi connectivity index (χ0n) is 18.6. The van der Waals surface area contributed by atoms with Crippen molar-refractivity contribution in [3.8, 4) is 0 Å². The smallest absolute Gasteiger partial charge is 0.227 e. The zero-order chi connectivity index (χ0) is 23.5. The van der Waals surface area contributed by atoms with E-state index in [0.717, 1.165) is 53.2 Å². The number of pyridine rings is 2. The topological polar surface area (TPSA) is 58.5 Å². The van der Waals surface area contributed by atoms with Gasteiger partial charge < -0.3 is 4.90 Å². The van der Waals surface area contributed by atoms with Gasteiger partial charge in [-0.3, -0.25) is 14.8 Å². The fourth-order valence-electron chi connectivity index (χ4n) is 4.86. The molecule has 1 aromatic carbocycles. The Labute approximate surface area is 209 Å². The van der Waals surface area contributed by atoms with Crippen molar-refractivity contribution in [1.29, 1.82) is 0 Å². The molecule has 170 valence electrons. The Morgan fingerprint density at radius 3 is 2.59 bits per heavy atom. The van der Waals surface area contributed by atoms with Gasteiger partial charge in [-0.2, -0.15) is 4.99 Å². The highest BCUT2D eigenvalue weighted by atomic mass is 35.5. The number of fused-ring (bicyclic) bond motifs is 2. The lowest BCUT2D eigenvalue weighted by Gasteiger charge is -2.30. The minimum atomic E-state index is 0.157. The summed E-state index contributed by atoms with van der Waals surface area (Å²) in [6.45, 7) is 1.41. The Kier molecular flexibility index (Phi) is 6.63. The highest BCUT2D eigenvalue weighted by Crippen LogP contribution is 2.39. The molecule has 3 aromatic rings. The average molecular weight is 487 g/mol. The van der Waals surface area contributed by atoms with Crippen molar-refractivity contribution in [3.63, 3.8) is 0 Å². The molecule has 1 saturated heterocycles. The minimum absolute atomic E-state index is 0.157. The van der Waals surface area contributed by atoms with Crippen molar-refractivity contribution >= 4 is 46.1 Å². The number of isothiocyanates is 1. The number of carbonyl (C=O) groups excluding carboxylic acids is 1. The summed E-state index contributed by atoms with van der Waals surface area (Å²) in [5.74, 6) is 0.157. The molecule has 0 radical (unpaired) electrons. The number of hydrogen-bond donors (Lipinski definition) is 0. The predicted octanol–water partition coefficient (Wildman–Crippen LogP) is 5.63. The molecule has 5 nitrogen and oxygen atoms in total. The molecule has 0 atom stereocenters. The monoisotopic (exact) mass is 486 g/mol. The van der Waals surface area contributed by atoms with Gasteiger partial charge in [-0.1, -0.05) is 23.2 Å². The van der Waals surface area contributed by atoms with Crippen molar-refractivity contribution in [2.45, 2.75) is 32.1 Å². The number of hydrogen-bond acceptors (Lipinski definition) is 5. The third-order valence-electron chi connectivity index (χ3n) is 6.54. The Morgan fingerprint density at radius 1 is 1.06 bits per heavy atom. The Balaban J connectivity index is 1.48. The molecule has 0 N–H and O–H groups in total. The van der Waals surface area contributed by atoms with E-state index in [4.69, 9.17) is 28.8 Å². The van der Waals surface area contributed by atoms with Crippen LogP contribution in [0.25, 0.3) is 5.57 Å². The fourth-order valence-corrected chi connectivity index (χ4v) is 5.16. The maximum Gasteiger partial charge on any atom is 0.227 e. The summed E-state index contributed by atoms with van der Waals surface area (Å²) in [5.41, 5.74) is 8.78. The Hall–Kier alpha value is -3.18. The minimum Gasteiger partial charge on any atom is -0.342 e. The van der Waals surface area contributed by atoms with E-state index in [1.807, 2.05) is 23.1 Å². The first-order chi connectivity index (χ1) is 16.6. The number of benzene rings is 1. The maximum absolute atomic E-state index is 12.9. The van der Waals surface area contributed by atoms with Crippen LogP contribution in [0.3, 0.4) is 0 Å². The number of carbonyl (C=O) groups is 1. The van der Waals surface area contributed by atoms with Crippen LogP contribution in [0, 0.1) is 0 Å². The van der Waals surface area contributed by atoms with Gasteiger partial charge in [-0.15, -0.1) is 0 Å². The van der Waals surface area contributed by atoms with Gasteiger partial charge in [0.1, 0.15) is 0 Å². The summed E-state index contributed by atoms with van der Waals surface area (Å²) in [5, 5.41) is 3.18. The van der Waals surface area contributed by atoms with Gasteiger partial charge in [0.15, 0.2) is 0 Å². The number of likely N-dealkylation sites (tertiary alicyclic amines) is 1. The van der Waals surface area contributed by atoms with Crippen LogP contribution < -0.4 is 0 Å². The second-order valence-corrected chi connectivity index (χ2v) is 9.22. The largest absolute Gasteiger partial charge is 0.342 e. The third-order valence-corrected chi connectivity index (χ3v) is 6.87. The normalized spacial score (nSPS) is 15.1. The molecule has 0 spiro atoms. The van der Waals surface area contributed by atoms with Crippen LogP contribution in [-0.2, 0) is 24.1 Å². The molecule has 0 saturated carbocycles. The number of rotatable bonds is 3. The van der Waals surface area contributed by atoms with E-state index in [1.165, 1.54) is 22.3 Å². The molecule has 2 aliphatic rings. The fraction of sp³-hybridized carbons (Fsp3) is 0.259. The lowest BCUT2D eigenvalue weighted by atomic mass is 9.88. The second-order valence-electron chi connectivity index (χ2n) is 8.60. The quantitative estimate of drug-likeness (QED) is 0.355. The van der Waals surface area contributed by atoms with Crippen molar-refractivity contribution < 1.29 is 4.79 Å². The molecule has 1 fully saturated rings. The molecular formula is C27H23ClN4OS. The molecule has 3 heterocycles. The Bertz CT molecular complexity index is 1320. The lowest BCUT2D eigenvalue weighted by Crippen LogP contribution is -2.37. The second kappa shape index (κ2) is 9.98. The van der Waals surface area contributed by atoms with E-state index >= 15 is 0 Å². The van der Waals surface area contributed by atoms with Crippen LogP contribution in [-0.4, -0.2) is 39.0 Å². The van der Waals surface area contributed by atoms with E-state index in [0.29, 0.717) is 19.5 Å². The number of amides is 1. The molecule has 2 aromatic heterocycles. The molecule has 1 aliphatic heterocycles. The van der Waals surface area contributed by atoms with Crippen LogP contribution in [0.1, 0.15) is 40.8 Å². The number of thiocarbonyl (C=S) groups is 1. The average Bonchev–Trinajstić information content (AvgIpc) is 3.01. The first kappa shape index (κ1) is 22.6. The summed E-state index contributed by atoms with van der Waals surface area (Å²) >= 11 is 11.1. The van der Waals surface area contributed by atoms with Gasteiger partial charge >= 0.3 is 0 Å². The van der Waals surface area contributed by atoms with E-state index < -0.39 is 0 Å². The summed E-state index contributed by atoms with van der Waals surface area (Å²) in [6, 6.07) is 12.0. The van der Waals surface area contributed by atoms with Gasteiger partial charge in [-0.25, -0.2) is 0 Å². The molecule has 7 heteroatoms. The van der Waals surface area contributed by atoms with Gasteiger partial charge in [0, 0.05) is 36.1 Å². The molecule has 1 amide bonds. The molecule has 34 heavy (non-hydrogen) atoms. The molecule has 0 bridgehead atoms. The van der Waals surface area contributed by atoms with E-state index in [2.05, 4.69) is 33.3 Å². The predicted molar refractivity (Wildman–Crippen MR) is 138 cm³/mol. The highest BCUT2D eigenvalue weighted by Gasteiger charge is 2.27. The van der Waals surface area contributed by atoms with Gasteiger partial charge in [-0.05, 0) is 90.5 Å². The third kappa shape index (κ3) is 4.71. The summed E-state index contributed by atoms with van der Waals surface area (Å²) in [6.07, 6.45) is 8.99. The number of nitrogens with zero attached hydrogens (tertiary/aromatic N) is 4. The van der Waals surface area contributed by atoms with Gasteiger partial charge in [0.25, 0.3) is 0 Å². The Morgan fingerprint density at radius 2 is 1.82 bits per heavy atom. The van der Waals surface area contributed by atoms with Crippen LogP contribution in [0.4, 0.5) is 5.69 Å². The van der Waals surface area contributed by atoms with E-state index in [1.54, 1.807) is 18.6 Å². The number of piperidine rings is 1. The number of aliphatic imine (C=N–C) groups is 1. The van der Waals surface area contributed by atoms with Crippen LogP contribution in [0.2, 0.25) is 5.02 Å². The first-order valence-corrected chi connectivity index (χ1v) is 12.2. The highest BCUT2D eigenvalue weighted by molar-refractivity contribution is 7.78. The van der Waals surface area contributed by atoms with Gasteiger partial charge in [0.05, 0.1) is 29.2 Å². The summed E-state index contributed by atoms with van der Waals surface area (Å²) in [7, 11) is 0. The number of halogens is 1. The number of aryl methyl sites for hydroxylation is 2. The zero-order valence-corrected chi connectivity index (χ0v) is 20.2. The van der Waals surface area contributed by atoms with Crippen LogP contribution >= 0.6 is 23.8 Å². The van der Waals surface area contributed by atoms with Crippen molar-refractivity contribution in [1.82, 2.24) is 14.9 Å². The van der Waals surface area contributed by atoms with Crippen molar-refractivity contribution in [2.24, 2.45) is 4.99 Å². The maximum atomic E-state index is 12.9. The SMILES string of the molecule is O=C(Cc1ccncc1)N1CCC(=C2c3ccc(Cl)cc3CCc3cc(N=C=S)cnc32)CC1. The summed E-state index contributed by atoms with van der Waals surface area (Å²) < 4.78 is 0. The summed E-state index contributed by atoms with van der Waals surface area (Å²) in [4.78, 5) is 27.8.